The summed E-state index contributed by atoms with van der Waals surface area (Å²) in [5.41, 5.74) is 0.610. The van der Waals surface area contributed by atoms with Gasteiger partial charge in [-0.1, -0.05) is 28.9 Å². The molecule has 1 aromatic heterocycles. The third-order valence-electron chi connectivity index (χ3n) is 4.26. The first kappa shape index (κ1) is 18.7. The van der Waals surface area contributed by atoms with E-state index in [0.717, 1.165) is 18.4 Å². The maximum atomic E-state index is 12.1. The van der Waals surface area contributed by atoms with Gasteiger partial charge in [-0.3, -0.25) is 0 Å². The van der Waals surface area contributed by atoms with Crippen LogP contribution in [0, 0.1) is 0 Å². The lowest BCUT2D eigenvalue weighted by molar-refractivity contribution is 0.0198. The zero-order valence-electron chi connectivity index (χ0n) is 15.4. The van der Waals surface area contributed by atoms with Crippen molar-refractivity contribution in [1.29, 1.82) is 0 Å². The number of benzene rings is 1. The van der Waals surface area contributed by atoms with Gasteiger partial charge in [-0.25, -0.2) is 4.79 Å². The van der Waals surface area contributed by atoms with Crippen molar-refractivity contribution in [3.05, 3.63) is 46.6 Å². The van der Waals surface area contributed by atoms with Gasteiger partial charge < -0.3 is 14.2 Å². The summed E-state index contributed by atoms with van der Waals surface area (Å²) in [5, 5.41) is 4.80. The summed E-state index contributed by atoms with van der Waals surface area (Å²) in [6, 6.07) is 7.62. The van der Waals surface area contributed by atoms with Gasteiger partial charge >= 0.3 is 6.09 Å². The summed E-state index contributed by atoms with van der Waals surface area (Å²) in [4.78, 5) is 18.4. The molecule has 0 bridgehead atoms. The van der Waals surface area contributed by atoms with E-state index in [-0.39, 0.29) is 12.0 Å². The summed E-state index contributed by atoms with van der Waals surface area (Å²) in [7, 11) is 0. The van der Waals surface area contributed by atoms with Gasteiger partial charge in [0, 0.05) is 30.5 Å². The fourth-order valence-corrected chi connectivity index (χ4v) is 3.05. The molecule has 1 aliphatic rings. The highest BCUT2D eigenvalue weighted by Crippen LogP contribution is 2.28. The van der Waals surface area contributed by atoms with E-state index in [0.29, 0.717) is 36.2 Å². The Bertz CT molecular complexity index is 744. The Labute approximate surface area is 158 Å². The van der Waals surface area contributed by atoms with Gasteiger partial charge in [-0.05, 0) is 51.3 Å². The zero-order valence-corrected chi connectivity index (χ0v) is 16.1. The minimum absolute atomic E-state index is 0.181. The number of piperidine rings is 1. The molecule has 140 valence electrons. The summed E-state index contributed by atoms with van der Waals surface area (Å²) in [6.07, 6.45) is 1.94. The molecule has 0 atom stereocenters. The van der Waals surface area contributed by atoms with E-state index in [2.05, 4.69) is 10.1 Å². The topological polar surface area (TPSA) is 68.5 Å². The minimum atomic E-state index is -0.475. The third kappa shape index (κ3) is 4.97. The number of rotatable bonds is 3. The normalized spacial score (nSPS) is 15.9. The van der Waals surface area contributed by atoms with Crippen molar-refractivity contribution in [1.82, 2.24) is 15.0 Å². The monoisotopic (exact) mass is 377 g/mol. The van der Waals surface area contributed by atoms with Gasteiger partial charge in [-0.2, -0.15) is 4.98 Å². The van der Waals surface area contributed by atoms with Crippen LogP contribution in [-0.4, -0.2) is 39.8 Å². The van der Waals surface area contributed by atoms with E-state index in [1.165, 1.54) is 0 Å². The van der Waals surface area contributed by atoms with E-state index < -0.39 is 5.60 Å². The molecular weight excluding hydrogens is 354 g/mol. The average Bonchev–Trinajstić information content (AvgIpc) is 3.04. The van der Waals surface area contributed by atoms with Gasteiger partial charge in [0.05, 0.1) is 0 Å². The molecule has 2 aromatic rings. The fraction of sp³-hybridized carbons (Fsp3) is 0.526. The number of nitrogens with zero attached hydrogens (tertiary/aromatic N) is 3. The molecule has 0 N–H and O–H groups in total. The van der Waals surface area contributed by atoms with E-state index in [1.807, 2.05) is 45.0 Å². The van der Waals surface area contributed by atoms with E-state index in [4.69, 9.17) is 20.9 Å². The first-order chi connectivity index (χ1) is 12.3. The standard InChI is InChI=1S/C19H24ClN3O3/c1-19(2,3)25-18(24)23-10-8-14(9-11-23)17-21-16(22-26-17)12-13-4-6-15(20)7-5-13/h4-7,14H,8-12H2,1-3H3. The van der Waals surface area contributed by atoms with Gasteiger partial charge in [-0.15, -0.1) is 0 Å². The van der Waals surface area contributed by atoms with E-state index in [9.17, 15) is 4.79 Å². The molecule has 0 saturated carbocycles. The molecule has 1 saturated heterocycles. The number of halogens is 1. The highest BCUT2D eigenvalue weighted by atomic mass is 35.5. The molecule has 2 heterocycles. The molecule has 1 aliphatic heterocycles. The van der Waals surface area contributed by atoms with Crippen LogP contribution >= 0.6 is 11.6 Å². The number of hydrogen-bond acceptors (Lipinski definition) is 5. The molecule has 0 radical (unpaired) electrons. The Morgan fingerprint density at radius 2 is 1.92 bits per heavy atom. The molecule has 1 amide bonds. The lowest BCUT2D eigenvalue weighted by atomic mass is 9.97. The van der Waals surface area contributed by atoms with Crippen molar-refractivity contribution in [3.8, 4) is 0 Å². The average molecular weight is 378 g/mol. The molecule has 0 spiro atoms. The van der Waals surface area contributed by atoms with Crippen LogP contribution < -0.4 is 0 Å². The first-order valence-electron chi connectivity index (χ1n) is 8.85. The highest BCUT2D eigenvalue weighted by Gasteiger charge is 2.29. The van der Waals surface area contributed by atoms with Gasteiger partial charge in [0.25, 0.3) is 0 Å². The Hall–Kier alpha value is -2.08. The predicted molar refractivity (Wildman–Crippen MR) is 98.3 cm³/mol. The van der Waals surface area contributed by atoms with Crippen LogP contribution in [0.4, 0.5) is 4.79 Å². The Kier molecular flexibility index (Phi) is 5.51. The maximum Gasteiger partial charge on any atom is 0.410 e. The molecule has 26 heavy (non-hydrogen) atoms. The van der Waals surface area contributed by atoms with Crippen molar-refractivity contribution < 1.29 is 14.1 Å². The van der Waals surface area contributed by atoms with Crippen LogP contribution in [0.5, 0.6) is 0 Å². The Balaban J connectivity index is 1.54. The first-order valence-corrected chi connectivity index (χ1v) is 9.23. The molecule has 1 aromatic carbocycles. The molecule has 0 aliphatic carbocycles. The van der Waals surface area contributed by atoms with Gasteiger partial charge in [0.1, 0.15) is 5.60 Å². The number of hydrogen-bond donors (Lipinski definition) is 0. The fourth-order valence-electron chi connectivity index (χ4n) is 2.93. The smallest absolute Gasteiger partial charge is 0.410 e. The molecule has 1 fully saturated rings. The van der Waals surface area contributed by atoms with Crippen molar-refractivity contribution >= 4 is 17.7 Å². The van der Waals surface area contributed by atoms with Gasteiger partial charge in [0.15, 0.2) is 5.82 Å². The number of carbonyl (C=O) groups is 1. The number of amides is 1. The minimum Gasteiger partial charge on any atom is -0.444 e. The molecule has 0 unspecified atom stereocenters. The second-order valence-electron chi connectivity index (χ2n) is 7.59. The second kappa shape index (κ2) is 7.66. The van der Waals surface area contributed by atoms with Crippen LogP contribution in [0.1, 0.15) is 56.8 Å². The highest BCUT2D eigenvalue weighted by molar-refractivity contribution is 6.30. The van der Waals surface area contributed by atoms with E-state index >= 15 is 0 Å². The second-order valence-corrected chi connectivity index (χ2v) is 8.03. The summed E-state index contributed by atoms with van der Waals surface area (Å²) in [5.74, 6) is 1.50. The predicted octanol–water partition coefficient (Wildman–Crippen LogP) is 4.43. The zero-order chi connectivity index (χ0) is 18.7. The maximum absolute atomic E-state index is 12.1. The lowest BCUT2D eigenvalue weighted by Crippen LogP contribution is -2.41. The largest absolute Gasteiger partial charge is 0.444 e. The lowest BCUT2D eigenvalue weighted by Gasteiger charge is -2.32. The summed E-state index contributed by atoms with van der Waals surface area (Å²) >= 11 is 5.90. The van der Waals surface area contributed by atoms with E-state index in [1.54, 1.807) is 4.90 Å². The van der Waals surface area contributed by atoms with Crippen LogP contribution in [0.15, 0.2) is 28.8 Å². The van der Waals surface area contributed by atoms with Crippen molar-refractivity contribution in [2.75, 3.05) is 13.1 Å². The van der Waals surface area contributed by atoms with Crippen molar-refractivity contribution in [2.45, 2.75) is 51.6 Å². The van der Waals surface area contributed by atoms with Crippen LogP contribution in [0.25, 0.3) is 0 Å². The number of likely N-dealkylation sites (tertiary alicyclic amines) is 1. The summed E-state index contributed by atoms with van der Waals surface area (Å²) in [6.45, 7) is 6.89. The summed E-state index contributed by atoms with van der Waals surface area (Å²) < 4.78 is 10.9. The van der Waals surface area contributed by atoms with Gasteiger partial charge in [0.2, 0.25) is 5.89 Å². The number of ether oxygens (including phenoxy) is 1. The number of carbonyl (C=O) groups excluding carboxylic acids is 1. The quantitative estimate of drug-likeness (QED) is 0.791. The molecule has 3 rings (SSSR count). The third-order valence-corrected chi connectivity index (χ3v) is 4.51. The van der Waals surface area contributed by atoms with Crippen LogP contribution in [-0.2, 0) is 11.2 Å². The Morgan fingerprint density at radius 1 is 1.27 bits per heavy atom. The molecular formula is C19H24ClN3O3. The molecule has 6 nitrogen and oxygen atoms in total. The number of aromatic nitrogens is 2. The molecule has 7 heteroatoms. The van der Waals surface area contributed by atoms with Crippen molar-refractivity contribution in [3.63, 3.8) is 0 Å². The van der Waals surface area contributed by atoms with Crippen LogP contribution in [0.3, 0.4) is 0 Å². The Morgan fingerprint density at radius 3 is 2.54 bits per heavy atom. The SMILES string of the molecule is CC(C)(C)OC(=O)N1CCC(c2nc(Cc3ccc(Cl)cc3)no2)CC1. The van der Waals surface area contributed by atoms with Crippen molar-refractivity contribution in [2.24, 2.45) is 0 Å². The van der Waals surface area contributed by atoms with Crippen LogP contribution in [0.2, 0.25) is 5.02 Å².